The van der Waals surface area contributed by atoms with E-state index in [9.17, 15) is 14.7 Å². The van der Waals surface area contributed by atoms with Crippen LogP contribution in [0.25, 0.3) is 0 Å². The number of carbonyl (C=O) groups excluding carboxylic acids is 1. The van der Waals surface area contributed by atoms with Crippen LogP contribution in [0.2, 0.25) is 0 Å². The molecule has 1 heterocycles. The molecule has 2 atom stereocenters. The maximum atomic E-state index is 11.3. The number of benzene rings is 1. The molecule has 1 saturated heterocycles. The van der Waals surface area contributed by atoms with Gasteiger partial charge in [0.05, 0.1) is 24.3 Å². The first-order valence-corrected chi connectivity index (χ1v) is 8.42. The van der Waals surface area contributed by atoms with E-state index in [0.29, 0.717) is 24.7 Å². The van der Waals surface area contributed by atoms with Crippen LogP contribution < -0.4 is 5.32 Å². The van der Waals surface area contributed by atoms with Crippen molar-refractivity contribution in [3.63, 3.8) is 0 Å². The van der Waals surface area contributed by atoms with Crippen molar-refractivity contribution in [3.05, 3.63) is 35.4 Å². The van der Waals surface area contributed by atoms with Crippen LogP contribution in [0.5, 0.6) is 0 Å². The molecule has 0 bridgehead atoms. The number of piperidine rings is 1. The molecule has 1 aliphatic heterocycles. The topological polar surface area (TPSA) is 96.7 Å². The Hall–Kier alpha value is -2.43. The number of nitriles is 1. The Bertz CT molecular complexity index is 626. The highest BCUT2D eigenvalue weighted by Gasteiger charge is 2.32. The zero-order valence-electron chi connectivity index (χ0n) is 14.4. The van der Waals surface area contributed by atoms with E-state index >= 15 is 0 Å². The molecule has 0 aromatic heterocycles. The molecular formula is C18H24N4O3. The quantitative estimate of drug-likeness (QED) is 0.724. The van der Waals surface area contributed by atoms with Gasteiger partial charge >= 0.3 is 6.09 Å². The SMILES string of the molecule is CNC1CC(N(CC=O)C(=O)O)CCN1CCc1ccc(C#N)cc1. The molecule has 1 aromatic rings. The van der Waals surface area contributed by atoms with Crippen LogP contribution in [0.4, 0.5) is 4.79 Å². The van der Waals surface area contributed by atoms with Crippen molar-refractivity contribution in [2.45, 2.75) is 31.5 Å². The fourth-order valence-corrected chi connectivity index (χ4v) is 3.33. The average molecular weight is 344 g/mol. The Morgan fingerprint density at radius 1 is 1.48 bits per heavy atom. The first-order valence-electron chi connectivity index (χ1n) is 8.42. The lowest BCUT2D eigenvalue weighted by atomic mass is 9.99. The summed E-state index contributed by atoms with van der Waals surface area (Å²) in [5, 5.41) is 21.4. The first-order chi connectivity index (χ1) is 12.1. The third-order valence-electron chi connectivity index (χ3n) is 4.75. The number of aldehydes is 1. The Labute approximate surface area is 147 Å². The van der Waals surface area contributed by atoms with E-state index in [4.69, 9.17) is 5.26 Å². The summed E-state index contributed by atoms with van der Waals surface area (Å²) in [6, 6.07) is 9.54. The van der Waals surface area contributed by atoms with Crippen LogP contribution in [0.3, 0.4) is 0 Å². The van der Waals surface area contributed by atoms with E-state index in [1.54, 1.807) is 0 Å². The first kappa shape index (κ1) is 18.9. The van der Waals surface area contributed by atoms with Gasteiger partial charge < -0.3 is 15.2 Å². The molecule has 1 aliphatic rings. The summed E-state index contributed by atoms with van der Waals surface area (Å²) in [6.07, 6.45) is 1.91. The molecule has 0 radical (unpaired) electrons. The summed E-state index contributed by atoms with van der Waals surface area (Å²) < 4.78 is 0. The van der Waals surface area contributed by atoms with E-state index in [2.05, 4.69) is 16.3 Å². The molecular weight excluding hydrogens is 320 g/mol. The molecule has 1 fully saturated rings. The van der Waals surface area contributed by atoms with Gasteiger partial charge in [-0.15, -0.1) is 0 Å². The molecule has 134 valence electrons. The predicted octanol–water partition coefficient (Wildman–Crippen LogP) is 1.29. The van der Waals surface area contributed by atoms with Crippen LogP contribution in [0.15, 0.2) is 24.3 Å². The van der Waals surface area contributed by atoms with Gasteiger partial charge in [0.25, 0.3) is 0 Å². The van der Waals surface area contributed by atoms with Gasteiger partial charge in [-0.05, 0) is 44.0 Å². The second-order valence-electron chi connectivity index (χ2n) is 6.18. The van der Waals surface area contributed by atoms with Crippen LogP contribution in [-0.4, -0.2) is 66.2 Å². The van der Waals surface area contributed by atoms with E-state index < -0.39 is 6.09 Å². The minimum Gasteiger partial charge on any atom is -0.465 e. The Morgan fingerprint density at radius 3 is 2.76 bits per heavy atom. The van der Waals surface area contributed by atoms with Gasteiger partial charge in [-0.1, -0.05) is 12.1 Å². The number of carbonyl (C=O) groups is 2. The van der Waals surface area contributed by atoms with Crippen molar-refractivity contribution in [1.29, 1.82) is 5.26 Å². The molecule has 7 nitrogen and oxygen atoms in total. The predicted molar refractivity (Wildman–Crippen MR) is 93.1 cm³/mol. The zero-order chi connectivity index (χ0) is 18.2. The summed E-state index contributed by atoms with van der Waals surface area (Å²) in [5.41, 5.74) is 1.82. The molecule has 0 aliphatic carbocycles. The largest absolute Gasteiger partial charge is 0.465 e. The second kappa shape index (κ2) is 9.16. The second-order valence-corrected chi connectivity index (χ2v) is 6.18. The van der Waals surface area contributed by atoms with Crippen LogP contribution in [-0.2, 0) is 11.2 Å². The van der Waals surface area contributed by atoms with Gasteiger partial charge in [-0.3, -0.25) is 9.80 Å². The summed E-state index contributed by atoms with van der Waals surface area (Å²) in [5.74, 6) is 0. The number of nitrogens with zero attached hydrogens (tertiary/aromatic N) is 3. The van der Waals surface area contributed by atoms with E-state index in [-0.39, 0.29) is 18.8 Å². The van der Waals surface area contributed by atoms with Crippen LogP contribution in [0, 0.1) is 11.3 Å². The number of hydrogen-bond donors (Lipinski definition) is 2. The van der Waals surface area contributed by atoms with Crippen molar-refractivity contribution in [2.24, 2.45) is 0 Å². The van der Waals surface area contributed by atoms with E-state index in [1.165, 1.54) is 10.5 Å². The zero-order valence-corrected chi connectivity index (χ0v) is 14.4. The van der Waals surface area contributed by atoms with Crippen LogP contribution in [0.1, 0.15) is 24.0 Å². The van der Waals surface area contributed by atoms with Crippen LogP contribution >= 0.6 is 0 Å². The third kappa shape index (κ3) is 5.02. The summed E-state index contributed by atoms with van der Waals surface area (Å²) in [4.78, 5) is 25.6. The Morgan fingerprint density at radius 2 is 2.20 bits per heavy atom. The average Bonchev–Trinajstić information content (AvgIpc) is 2.64. The maximum Gasteiger partial charge on any atom is 0.407 e. The number of rotatable bonds is 7. The summed E-state index contributed by atoms with van der Waals surface area (Å²) >= 11 is 0. The molecule has 25 heavy (non-hydrogen) atoms. The maximum absolute atomic E-state index is 11.3. The smallest absolute Gasteiger partial charge is 0.407 e. The van der Waals surface area contributed by atoms with Gasteiger partial charge in [0.1, 0.15) is 6.29 Å². The van der Waals surface area contributed by atoms with Gasteiger partial charge in [0, 0.05) is 19.1 Å². The molecule has 0 saturated carbocycles. The number of amides is 1. The number of likely N-dealkylation sites (tertiary alicyclic amines) is 1. The van der Waals surface area contributed by atoms with Gasteiger partial charge in [-0.2, -0.15) is 5.26 Å². The molecule has 2 rings (SSSR count). The highest BCUT2D eigenvalue weighted by atomic mass is 16.4. The fraction of sp³-hybridized carbons (Fsp3) is 0.500. The van der Waals surface area contributed by atoms with Crippen molar-refractivity contribution < 1.29 is 14.7 Å². The van der Waals surface area contributed by atoms with Crippen molar-refractivity contribution in [2.75, 3.05) is 26.7 Å². The highest BCUT2D eigenvalue weighted by Crippen LogP contribution is 2.21. The minimum atomic E-state index is -1.04. The summed E-state index contributed by atoms with van der Waals surface area (Å²) in [6.45, 7) is 1.54. The molecule has 7 heteroatoms. The summed E-state index contributed by atoms with van der Waals surface area (Å²) in [7, 11) is 1.87. The number of hydrogen-bond acceptors (Lipinski definition) is 5. The monoisotopic (exact) mass is 344 g/mol. The molecule has 2 N–H and O–H groups in total. The highest BCUT2D eigenvalue weighted by molar-refractivity contribution is 5.69. The normalized spacial score (nSPS) is 20.6. The van der Waals surface area contributed by atoms with Gasteiger partial charge in [-0.25, -0.2) is 4.79 Å². The Kier molecular flexibility index (Phi) is 6.92. The number of nitrogens with one attached hydrogen (secondary N) is 1. The Balaban J connectivity index is 1.93. The molecule has 0 spiro atoms. The fourth-order valence-electron chi connectivity index (χ4n) is 3.33. The van der Waals surface area contributed by atoms with Gasteiger partial charge in [0.2, 0.25) is 0 Å². The third-order valence-corrected chi connectivity index (χ3v) is 4.75. The van der Waals surface area contributed by atoms with Crippen molar-refractivity contribution in [1.82, 2.24) is 15.1 Å². The van der Waals surface area contributed by atoms with E-state index in [1.807, 2.05) is 31.3 Å². The lowest BCUT2D eigenvalue weighted by Crippen LogP contribution is -2.56. The van der Waals surface area contributed by atoms with Gasteiger partial charge in [0.15, 0.2) is 0 Å². The lowest BCUT2D eigenvalue weighted by Gasteiger charge is -2.42. The molecule has 1 aromatic carbocycles. The minimum absolute atomic E-state index is 0.0747. The van der Waals surface area contributed by atoms with Crippen molar-refractivity contribution in [3.8, 4) is 6.07 Å². The number of carboxylic acid groups (broad SMARTS) is 1. The standard InChI is InChI=1S/C18H24N4O3/c1-20-17-12-16(22(10-11-23)18(24)25)7-9-21(17)8-6-14-2-4-15(13-19)5-3-14/h2-5,11,16-17,20H,6-10,12H2,1H3,(H,24,25). The lowest BCUT2D eigenvalue weighted by molar-refractivity contribution is -0.109. The van der Waals surface area contributed by atoms with E-state index in [0.717, 1.165) is 19.5 Å². The molecule has 2 unspecified atom stereocenters. The molecule has 1 amide bonds. The van der Waals surface area contributed by atoms with Crippen molar-refractivity contribution >= 4 is 12.4 Å².